The van der Waals surface area contributed by atoms with Gasteiger partial charge in [-0.25, -0.2) is 9.59 Å². The normalized spacial score (nSPS) is 14.9. The minimum atomic E-state index is -1.07. The number of aliphatic carboxylic acids is 1. The smallest absolute Gasteiger partial charge is 0.326 e. The first-order valence-corrected chi connectivity index (χ1v) is 9.09. The second-order valence-electron chi connectivity index (χ2n) is 6.40. The van der Waals surface area contributed by atoms with E-state index < -0.39 is 12.0 Å². The Bertz CT molecular complexity index is 776. The highest BCUT2D eigenvalue weighted by Crippen LogP contribution is 2.15. The van der Waals surface area contributed by atoms with Gasteiger partial charge in [0.1, 0.15) is 18.4 Å². The molecule has 0 spiro atoms. The van der Waals surface area contributed by atoms with Crippen molar-refractivity contribution in [3.8, 4) is 5.75 Å². The second kappa shape index (κ2) is 9.70. The van der Waals surface area contributed by atoms with Gasteiger partial charge in [-0.3, -0.25) is 4.98 Å². The third kappa shape index (κ3) is 5.68. The second-order valence-corrected chi connectivity index (χ2v) is 6.40. The van der Waals surface area contributed by atoms with Crippen molar-refractivity contribution in [3.05, 3.63) is 59.9 Å². The van der Waals surface area contributed by atoms with Crippen LogP contribution in [-0.2, 0) is 22.6 Å². The van der Waals surface area contributed by atoms with E-state index in [9.17, 15) is 14.7 Å². The number of morpholine rings is 1. The zero-order chi connectivity index (χ0) is 19.8. The zero-order valence-corrected chi connectivity index (χ0v) is 15.4. The zero-order valence-electron chi connectivity index (χ0n) is 15.4. The topological polar surface area (TPSA) is 101 Å². The molecule has 28 heavy (non-hydrogen) atoms. The number of carbonyl (C=O) groups is 2. The Morgan fingerprint density at radius 3 is 2.57 bits per heavy atom. The molecule has 1 aromatic carbocycles. The fraction of sp³-hybridized carbons (Fsp3) is 0.350. The largest absolute Gasteiger partial charge is 0.487 e. The molecule has 2 heterocycles. The van der Waals surface area contributed by atoms with Crippen LogP contribution < -0.4 is 10.1 Å². The number of pyridine rings is 1. The van der Waals surface area contributed by atoms with Crippen LogP contribution in [0.2, 0.25) is 0 Å². The average Bonchev–Trinajstić information content (AvgIpc) is 2.74. The number of nitrogens with zero attached hydrogens (tertiary/aromatic N) is 2. The maximum Gasteiger partial charge on any atom is 0.326 e. The van der Waals surface area contributed by atoms with Gasteiger partial charge >= 0.3 is 12.0 Å². The summed E-state index contributed by atoms with van der Waals surface area (Å²) in [5.74, 6) is -0.407. The van der Waals surface area contributed by atoms with Gasteiger partial charge in [0.05, 0.1) is 18.9 Å². The molecule has 0 aliphatic carbocycles. The van der Waals surface area contributed by atoms with Gasteiger partial charge < -0.3 is 24.8 Å². The number of rotatable bonds is 7. The summed E-state index contributed by atoms with van der Waals surface area (Å²) in [6.07, 6.45) is 1.89. The van der Waals surface area contributed by atoms with Crippen molar-refractivity contribution in [1.82, 2.24) is 15.2 Å². The van der Waals surface area contributed by atoms with Gasteiger partial charge in [-0.05, 0) is 29.8 Å². The lowest BCUT2D eigenvalue weighted by atomic mass is 10.1. The number of carboxylic acids is 1. The van der Waals surface area contributed by atoms with Crippen LogP contribution in [0.5, 0.6) is 5.75 Å². The van der Waals surface area contributed by atoms with Gasteiger partial charge in [-0.2, -0.15) is 0 Å². The summed E-state index contributed by atoms with van der Waals surface area (Å²) in [5.41, 5.74) is 1.61. The Morgan fingerprint density at radius 1 is 1.18 bits per heavy atom. The number of urea groups is 1. The lowest BCUT2D eigenvalue weighted by molar-refractivity contribution is -0.139. The van der Waals surface area contributed by atoms with Gasteiger partial charge in [-0.15, -0.1) is 0 Å². The Morgan fingerprint density at radius 2 is 1.93 bits per heavy atom. The van der Waals surface area contributed by atoms with Gasteiger partial charge in [0, 0.05) is 25.7 Å². The maximum atomic E-state index is 12.2. The summed E-state index contributed by atoms with van der Waals surface area (Å²) >= 11 is 0. The molecule has 8 heteroatoms. The van der Waals surface area contributed by atoms with Gasteiger partial charge in [0.2, 0.25) is 0 Å². The van der Waals surface area contributed by atoms with E-state index in [4.69, 9.17) is 9.47 Å². The number of hydrogen-bond acceptors (Lipinski definition) is 5. The molecule has 1 fully saturated rings. The molecule has 0 bridgehead atoms. The van der Waals surface area contributed by atoms with Crippen molar-refractivity contribution in [2.75, 3.05) is 26.3 Å². The number of aromatic nitrogens is 1. The van der Waals surface area contributed by atoms with E-state index in [1.165, 1.54) is 0 Å². The molecular formula is C20H23N3O5. The molecule has 148 valence electrons. The van der Waals surface area contributed by atoms with Crippen molar-refractivity contribution in [2.24, 2.45) is 0 Å². The summed E-state index contributed by atoms with van der Waals surface area (Å²) in [6, 6.07) is 11.4. The van der Waals surface area contributed by atoms with Crippen molar-refractivity contribution in [2.45, 2.75) is 19.1 Å². The van der Waals surface area contributed by atoms with Crippen LogP contribution in [0, 0.1) is 0 Å². The summed E-state index contributed by atoms with van der Waals surface area (Å²) < 4.78 is 10.9. The van der Waals surface area contributed by atoms with E-state index in [1.54, 1.807) is 35.4 Å². The number of amides is 2. The molecule has 1 saturated heterocycles. The summed E-state index contributed by atoms with van der Waals surface area (Å²) in [4.78, 5) is 29.6. The molecule has 0 saturated carbocycles. The summed E-state index contributed by atoms with van der Waals surface area (Å²) in [6.45, 7) is 2.20. The first-order valence-electron chi connectivity index (χ1n) is 9.09. The number of carboxylic acid groups (broad SMARTS) is 1. The molecule has 1 aliphatic heterocycles. The molecule has 1 atom stereocenters. The predicted molar refractivity (Wildman–Crippen MR) is 101 cm³/mol. The molecule has 0 radical (unpaired) electrons. The average molecular weight is 385 g/mol. The van der Waals surface area contributed by atoms with Crippen LogP contribution in [0.15, 0.2) is 48.7 Å². The molecule has 1 aromatic heterocycles. The van der Waals surface area contributed by atoms with Crippen molar-refractivity contribution >= 4 is 12.0 Å². The van der Waals surface area contributed by atoms with Crippen LogP contribution in [0.25, 0.3) is 0 Å². The Labute approximate surface area is 163 Å². The maximum absolute atomic E-state index is 12.2. The quantitative estimate of drug-likeness (QED) is 0.752. The number of nitrogens with one attached hydrogen (secondary N) is 1. The third-order valence-corrected chi connectivity index (χ3v) is 4.37. The molecular weight excluding hydrogens is 362 g/mol. The third-order valence-electron chi connectivity index (χ3n) is 4.37. The van der Waals surface area contributed by atoms with Crippen molar-refractivity contribution < 1.29 is 24.2 Å². The molecule has 0 unspecified atom stereocenters. The number of hydrogen-bond donors (Lipinski definition) is 2. The van der Waals surface area contributed by atoms with Crippen LogP contribution >= 0.6 is 0 Å². The molecule has 2 amide bonds. The Balaban J connectivity index is 1.54. The first kappa shape index (κ1) is 19.6. The number of benzene rings is 1. The molecule has 1 aliphatic rings. The van der Waals surface area contributed by atoms with E-state index in [0.29, 0.717) is 38.7 Å². The summed E-state index contributed by atoms with van der Waals surface area (Å²) in [5, 5.41) is 12.0. The Hall–Kier alpha value is -3.13. The molecule has 2 aromatic rings. The monoisotopic (exact) mass is 385 g/mol. The van der Waals surface area contributed by atoms with Crippen LogP contribution in [-0.4, -0.2) is 59.3 Å². The van der Waals surface area contributed by atoms with Gasteiger partial charge in [0.15, 0.2) is 0 Å². The Kier molecular flexibility index (Phi) is 6.80. The molecule has 2 N–H and O–H groups in total. The first-order chi connectivity index (χ1) is 13.6. The van der Waals surface area contributed by atoms with Crippen LogP contribution in [0.4, 0.5) is 4.79 Å². The molecule has 8 nitrogen and oxygen atoms in total. The number of ether oxygens (including phenoxy) is 2. The van der Waals surface area contributed by atoms with Gasteiger partial charge in [0.25, 0.3) is 0 Å². The predicted octanol–water partition coefficient (Wildman–Crippen LogP) is 1.70. The minimum absolute atomic E-state index is 0.186. The lowest BCUT2D eigenvalue weighted by Gasteiger charge is -2.28. The number of carbonyl (C=O) groups excluding carboxylic acids is 1. The van der Waals surface area contributed by atoms with Crippen LogP contribution in [0.1, 0.15) is 11.3 Å². The molecule has 3 rings (SSSR count). The fourth-order valence-corrected chi connectivity index (χ4v) is 2.81. The van der Waals surface area contributed by atoms with E-state index in [-0.39, 0.29) is 12.5 Å². The van der Waals surface area contributed by atoms with Crippen LogP contribution in [0.3, 0.4) is 0 Å². The van der Waals surface area contributed by atoms with Crippen molar-refractivity contribution in [1.29, 1.82) is 0 Å². The lowest BCUT2D eigenvalue weighted by Crippen LogP contribution is -2.51. The van der Waals surface area contributed by atoms with E-state index in [1.807, 2.05) is 18.2 Å². The van der Waals surface area contributed by atoms with Gasteiger partial charge in [-0.1, -0.05) is 18.2 Å². The minimum Gasteiger partial charge on any atom is -0.487 e. The highest BCUT2D eigenvalue weighted by molar-refractivity contribution is 5.82. The fourth-order valence-electron chi connectivity index (χ4n) is 2.81. The SMILES string of the molecule is O=C(O)[C@H](Cc1ccc(OCc2ccccn2)cc1)NC(=O)N1CCOCC1. The highest BCUT2D eigenvalue weighted by atomic mass is 16.5. The van der Waals surface area contributed by atoms with E-state index >= 15 is 0 Å². The standard InChI is InChI=1S/C20H23N3O5/c24-19(25)18(22-20(26)23-9-11-27-12-10-23)13-15-4-6-17(7-5-15)28-14-16-3-1-2-8-21-16/h1-8,18H,9-14H2,(H,22,26)(H,24,25)/t18-/m0/s1. The van der Waals surface area contributed by atoms with E-state index in [2.05, 4.69) is 10.3 Å². The van der Waals surface area contributed by atoms with E-state index in [0.717, 1.165) is 11.3 Å². The van der Waals surface area contributed by atoms with Crippen molar-refractivity contribution in [3.63, 3.8) is 0 Å². The highest BCUT2D eigenvalue weighted by Gasteiger charge is 2.24. The summed E-state index contributed by atoms with van der Waals surface area (Å²) in [7, 11) is 0.